The van der Waals surface area contributed by atoms with Gasteiger partial charge in [-0.25, -0.2) is 4.98 Å². The van der Waals surface area contributed by atoms with Crippen molar-refractivity contribution in [1.82, 2.24) is 19.3 Å². The molecule has 48 heavy (non-hydrogen) atoms. The number of para-hydroxylation sites is 1. The van der Waals surface area contributed by atoms with Crippen LogP contribution in [-0.4, -0.2) is 31.8 Å². The minimum absolute atomic E-state index is 0. The Morgan fingerprint density at radius 3 is 2.25 bits per heavy atom. The largest absolute Gasteiger partial charge is 2.00 e. The molecule has 3 aromatic heterocycles. The van der Waals surface area contributed by atoms with Crippen molar-refractivity contribution in [1.29, 1.82) is 0 Å². The average Bonchev–Trinajstić information content (AvgIpc) is 3.70. The Morgan fingerprint density at radius 1 is 0.792 bits per heavy atom. The number of aromatic nitrogens is 4. The van der Waals surface area contributed by atoms with Gasteiger partial charge in [0.25, 0.3) is 0 Å². The molecular weight excluding hydrogens is 812 g/mol. The van der Waals surface area contributed by atoms with Crippen molar-refractivity contribution in [2.24, 2.45) is 0 Å². The number of benzene rings is 4. The van der Waals surface area contributed by atoms with Gasteiger partial charge < -0.3 is 9.30 Å². The van der Waals surface area contributed by atoms with Crippen LogP contribution in [0, 0.1) is 32.9 Å². The maximum absolute atomic E-state index is 6.41. The van der Waals surface area contributed by atoms with Gasteiger partial charge >= 0.3 is 21.1 Å². The van der Waals surface area contributed by atoms with E-state index in [9.17, 15) is 0 Å². The molecule has 0 fully saturated rings. The summed E-state index contributed by atoms with van der Waals surface area (Å²) in [6.07, 6.45) is 10.2. The number of pyridine rings is 1. The first-order chi connectivity index (χ1) is 22.8. The Balaban J connectivity index is 0.00000401. The first kappa shape index (κ1) is 34.1. The Morgan fingerprint density at radius 2 is 1.52 bits per heavy atom. The predicted octanol–water partition coefficient (Wildman–Crippen LogP) is 10.9. The van der Waals surface area contributed by atoms with Gasteiger partial charge in [0.1, 0.15) is 5.82 Å². The molecule has 0 atom stereocenters. The topological polar surface area (TPSA) is 44.9 Å². The van der Waals surface area contributed by atoms with Gasteiger partial charge in [-0.2, -0.15) is 17.2 Å². The minimum atomic E-state index is 0. The molecule has 0 saturated carbocycles. The number of hydrogen-bond donors (Lipinski definition) is 0. The summed E-state index contributed by atoms with van der Waals surface area (Å²) in [6.45, 7) is 11.0. The molecule has 0 unspecified atom stereocenters. The second kappa shape index (κ2) is 14.0. The van der Waals surface area contributed by atoms with Crippen LogP contribution in [0.2, 0.25) is 0 Å². The van der Waals surface area contributed by atoms with E-state index in [1.165, 1.54) is 37.6 Å². The van der Waals surface area contributed by atoms with Crippen LogP contribution in [0.3, 0.4) is 0 Å². The van der Waals surface area contributed by atoms with Gasteiger partial charge in [0.05, 0.1) is 6.20 Å². The molecule has 0 bridgehead atoms. The van der Waals surface area contributed by atoms with Gasteiger partial charge in [0.15, 0.2) is 0 Å². The molecule has 0 aliphatic rings. The van der Waals surface area contributed by atoms with Crippen LogP contribution in [0.1, 0.15) is 42.0 Å². The van der Waals surface area contributed by atoms with Crippen LogP contribution in [0.4, 0.5) is 0 Å². The normalized spacial score (nSPS) is 11.4. The molecule has 8 heteroatoms. The molecule has 0 radical (unpaired) electrons. The quantitative estimate of drug-likeness (QED) is 0.113. The van der Waals surface area contributed by atoms with Crippen LogP contribution < -0.4 is 4.74 Å². The Hall–Kier alpha value is -3.77. The molecule has 5 nitrogen and oxygen atoms in total. The van der Waals surface area contributed by atoms with Gasteiger partial charge in [0, 0.05) is 50.3 Å². The molecular formula is C40H36N4OPtS2. The van der Waals surface area contributed by atoms with Crippen LogP contribution in [0.5, 0.6) is 11.5 Å². The maximum atomic E-state index is 6.41. The van der Waals surface area contributed by atoms with Crippen molar-refractivity contribution in [3.8, 4) is 34.1 Å². The fourth-order valence-corrected chi connectivity index (χ4v) is 8.12. The summed E-state index contributed by atoms with van der Waals surface area (Å²) < 4.78 is 10.5. The van der Waals surface area contributed by atoms with Crippen molar-refractivity contribution in [2.75, 3.05) is 12.5 Å². The summed E-state index contributed by atoms with van der Waals surface area (Å²) >= 11 is 3.59. The predicted molar refractivity (Wildman–Crippen MR) is 197 cm³/mol. The number of ether oxygens (including phenoxy) is 1. The smallest absolute Gasteiger partial charge is 0.509 e. The molecule has 0 spiro atoms. The van der Waals surface area contributed by atoms with Crippen LogP contribution >= 0.6 is 23.5 Å². The van der Waals surface area contributed by atoms with E-state index in [2.05, 4.69) is 112 Å². The zero-order valence-electron chi connectivity index (χ0n) is 28.0. The fraction of sp³-hybridized carbons (Fsp3) is 0.200. The second-order valence-corrected chi connectivity index (χ2v) is 13.7. The van der Waals surface area contributed by atoms with E-state index < -0.39 is 0 Å². The van der Waals surface area contributed by atoms with Gasteiger partial charge in [-0.15, -0.1) is 59.2 Å². The third-order valence-corrected chi connectivity index (χ3v) is 10.8. The first-order valence-corrected chi connectivity index (χ1v) is 18.1. The summed E-state index contributed by atoms with van der Waals surface area (Å²) in [4.78, 5) is 7.36. The average molecular weight is 848 g/mol. The standard InChI is InChI=1S/C40H36N4OS2.Pt/c1-24(2)28-17-18-41-37(19-28)44-35-14-9-8-13-33(35)34-16-15-32(21-36(34)44)45-31-12-10-11-30(20-31)43-23-29(22-42-43)38-39(46-6)26(4)25(3)27(5)40(38)47-7;/h8-19,22-24H,1-7H3;/q-2;+2. The molecule has 0 aliphatic carbocycles. The minimum Gasteiger partial charge on any atom is -0.509 e. The summed E-state index contributed by atoms with van der Waals surface area (Å²) in [5.41, 5.74) is 10.4. The van der Waals surface area contributed by atoms with E-state index in [0.717, 1.165) is 38.9 Å². The van der Waals surface area contributed by atoms with Crippen LogP contribution in [0.15, 0.2) is 95.1 Å². The Bertz CT molecular complexity index is 2260. The molecule has 244 valence electrons. The first-order valence-electron chi connectivity index (χ1n) is 15.7. The summed E-state index contributed by atoms with van der Waals surface area (Å²) in [7, 11) is 0. The number of nitrogens with zero attached hydrogens (tertiary/aromatic N) is 4. The van der Waals surface area contributed by atoms with Crippen molar-refractivity contribution >= 4 is 45.3 Å². The molecule has 0 aliphatic heterocycles. The van der Waals surface area contributed by atoms with E-state index in [4.69, 9.17) is 14.8 Å². The number of thioether (sulfide) groups is 2. The van der Waals surface area contributed by atoms with E-state index in [-0.39, 0.29) is 21.1 Å². The molecule has 7 aromatic rings. The third-order valence-electron chi connectivity index (χ3n) is 8.98. The number of rotatable bonds is 8. The zero-order valence-corrected chi connectivity index (χ0v) is 31.9. The van der Waals surface area contributed by atoms with Gasteiger partial charge in [0.2, 0.25) is 0 Å². The Kier molecular flexibility index (Phi) is 9.94. The third kappa shape index (κ3) is 6.02. The maximum Gasteiger partial charge on any atom is 2.00 e. The Labute approximate surface area is 305 Å². The monoisotopic (exact) mass is 847 g/mol. The summed E-state index contributed by atoms with van der Waals surface area (Å²) in [6, 6.07) is 29.6. The molecule has 4 aromatic carbocycles. The SMILES string of the molecule is CSc1c(C)c(C)c(C)c(SC)c1-c1cnn(-c2[c-]c(Oc3[c-]c4c(cc3)c3ccccc3n4-c3cc(C(C)C)ccn3)ccc2)c1.[Pt+2]. The van der Waals surface area contributed by atoms with Crippen LogP contribution in [-0.2, 0) is 21.1 Å². The van der Waals surface area contributed by atoms with Crippen molar-refractivity contribution in [3.63, 3.8) is 0 Å². The van der Waals surface area contributed by atoms with Crippen molar-refractivity contribution in [2.45, 2.75) is 50.3 Å². The van der Waals surface area contributed by atoms with E-state index in [0.29, 0.717) is 17.4 Å². The van der Waals surface area contributed by atoms with Crippen molar-refractivity contribution < 1.29 is 25.8 Å². The van der Waals surface area contributed by atoms with E-state index >= 15 is 0 Å². The van der Waals surface area contributed by atoms with E-state index in [1.54, 1.807) is 23.5 Å². The van der Waals surface area contributed by atoms with E-state index in [1.807, 2.05) is 41.3 Å². The molecule has 0 saturated heterocycles. The summed E-state index contributed by atoms with van der Waals surface area (Å²) in [5, 5.41) is 7.02. The second-order valence-electron chi connectivity index (χ2n) is 12.0. The number of hydrogen-bond acceptors (Lipinski definition) is 5. The van der Waals surface area contributed by atoms with Crippen molar-refractivity contribution in [3.05, 3.63) is 120 Å². The zero-order chi connectivity index (χ0) is 32.8. The summed E-state index contributed by atoms with van der Waals surface area (Å²) in [5.74, 6) is 2.46. The van der Waals surface area contributed by atoms with Gasteiger partial charge in [-0.3, -0.25) is 4.68 Å². The number of fused-ring (bicyclic) bond motifs is 3. The molecule has 7 rings (SSSR count). The fourth-order valence-electron chi connectivity index (χ4n) is 6.29. The molecule has 3 heterocycles. The molecule has 0 N–H and O–H groups in total. The van der Waals surface area contributed by atoms with Gasteiger partial charge in [-0.1, -0.05) is 37.6 Å². The van der Waals surface area contributed by atoms with Gasteiger partial charge in [-0.05, 0) is 90.7 Å². The van der Waals surface area contributed by atoms with Crippen LogP contribution in [0.25, 0.3) is 44.4 Å². The molecule has 0 amide bonds.